The van der Waals surface area contributed by atoms with Crippen LogP contribution in [0.25, 0.3) is 10.9 Å². The lowest BCUT2D eigenvalue weighted by Gasteiger charge is -1.95. The molecule has 0 fully saturated rings. The van der Waals surface area contributed by atoms with Crippen LogP contribution in [0.2, 0.25) is 0 Å². The second-order valence-corrected chi connectivity index (χ2v) is 2.59. The van der Waals surface area contributed by atoms with E-state index in [0.29, 0.717) is 0 Å². The normalized spacial score (nSPS) is 8.33. The van der Waals surface area contributed by atoms with E-state index in [9.17, 15) is 0 Å². The molecule has 0 amide bonds. The molecule has 0 aliphatic rings. The summed E-state index contributed by atoms with van der Waals surface area (Å²) in [6.45, 7) is 10.1. The molecule has 15 heavy (non-hydrogen) atoms. The van der Waals surface area contributed by atoms with Crippen molar-refractivity contribution < 1.29 is 0 Å². The van der Waals surface area contributed by atoms with E-state index in [-0.39, 0.29) is 0 Å². The first-order valence-corrected chi connectivity index (χ1v) is 5.52. The van der Waals surface area contributed by atoms with Crippen LogP contribution in [0.4, 0.5) is 0 Å². The first-order valence-electron chi connectivity index (χ1n) is 5.52. The van der Waals surface area contributed by atoms with E-state index in [1.807, 2.05) is 40.0 Å². The highest BCUT2D eigenvalue weighted by Gasteiger charge is 1.91. The lowest BCUT2D eigenvalue weighted by atomic mass is 10.2. The molecule has 2 aromatic rings. The zero-order chi connectivity index (χ0) is 11.7. The van der Waals surface area contributed by atoms with E-state index in [2.05, 4.69) is 29.0 Å². The molecular weight excluding hydrogens is 184 g/mol. The molecule has 0 saturated carbocycles. The van der Waals surface area contributed by atoms with Gasteiger partial charge in [-0.1, -0.05) is 39.8 Å². The van der Waals surface area contributed by atoms with Crippen molar-refractivity contribution >= 4 is 10.9 Å². The monoisotopic (exact) mass is 204 g/mol. The van der Waals surface area contributed by atoms with Gasteiger partial charge in [0.15, 0.2) is 0 Å². The highest BCUT2D eigenvalue weighted by atomic mass is 14.8. The van der Waals surface area contributed by atoms with E-state index in [1.165, 1.54) is 5.56 Å². The lowest BCUT2D eigenvalue weighted by Crippen LogP contribution is -1.80. The molecule has 0 radical (unpaired) electrons. The van der Waals surface area contributed by atoms with Crippen LogP contribution in [0.15, 0.2) is 30.7 Å². The van der Waals surface area contributed by atoms with Crippen LogP contribution >= 0.6 is 0 Å². The van der Waals surface area contributed by atoms with Gasteiger partial charge in [0.2, 0.25) is 0 Å². The third-order valence-corrected chi connectivity index (χ3v) is 1.66. The number of benzene rings is 1. The minimum atomic E-state index is 1.01. The largest absolute Gasteiger partial charge is 0.244 e. The topological polar surface area (TPSA) is 25.8 Å². The van der Waals surface area contributed by atoms with Crippen molar-refractivity contribution in [3.8, 4) is 0 Å². The van der Waals surface area contributed by atoms with Gasteiger partial charge >= 0.3 is 0 Å². The molecule has 0 aliphatic carbocycles. The Hall–Kier alpha value is -1.44. The first-order chi connectivity index (χ1) is 7.36. The maximum atomic E-state index is 4.13. The van der Waals surface area contributed by atoms with Gasteiger partial charge in [0.05, 0.1) is 5.52 Å². The fourth-order valence-corrected chi connectivity index (χ4v) is 1.08. The van der Waals surface area contributed by atoms with Crippen molar-refractivity contribution in [3.63, 3.8) is 0 Å². The van der Waals surface area contributed by atoms with Crippen LogP contribution in [0.1, 0.15) is 33.3 Å². The molecule has 2 nitrogen and oxygen atoms in total. The molecule has 0 N–H and O–H groups in total. The summed E-state index contributed by atoms with van der Waals surface area (Å²) in [6.07, 6.45) is 3.39. The molecule has 0 spiro atoms. The van der Waals surface area contributed by atoms with Crippen LogP contribution in [-0.2, 0) is 0 Å². The Morgan fingerprint density at radius 1 is 1.00 bits per heavy atom. The summed E-state index contributed by atoms with van der Waals surface area (Å²) in [5.74, 6) is 0. The van der Waals surface area contributed by atoms with Gasteiger partial charge in [0, 0.05) is 11.6 Å². The van der Waals surface area contributed by atoms with Crippen LogP contribution in [0, 0.1) is 6.92 Å². The van der Waals surface area contributed by atoms with Gasteiger partial charge in [-0.25, -0.2) is 9.97 Å². The van der Waals surface area contributed by atoms with Crippen molar-refractivity contribution in [2.45, 2.75) is 34.6 Å². The van der Waals surface area contributed by atoms with Crippen molar-refractivity contribution in [2.24, 2.45) is 0 Å². The van der Waals surface area contributed by atoms with Crippen LogP contribution in [-0.4, -0.2) is 9.97 Å². The van der Waals surface area contributed by atoms with E-state index in [0.717, 1.165) is 10.9 Å². The summed E-state index contributed by atoms with van der Waals surface area (Å²) in [5.41, 5.74) is 2.25. The van der Waals surface area contributed by atoms with E-state index >= 15 is 0 Å². The zero-order valence-corrected chi connectivity index (χ0v) is 10.3. The third kappa shape index (κ3) is 4.07. The number of hydrogen-bond donors (Lipinski definition) is 0. The molecule has 2 heteroatoms. The predicted molar refractivity (Wildman–Crippen MR) is 67.0 cm³/mol. The number of fused-ring (bicyclic) bond motifs is 1. The second kappa shape index (κ2) is 7.92. The molecular formula is C13H20N2. The highest BCUT2D eigenvalue weighted by Crippen LogP contribution is 2.10. The molecule has 0 bridgehead atoms. The SMILES string of the molecule is CC.CC.Cc1ccc2cncnc2c1. The van der Waals surface area contributed by atoms with Gasteiger partial charge in [0.25, 0.3) is 0 Å². The minimum absolute atomic E-state index is 1.01. The maximum Gasteiger partial charge on any atom is 0.116 e. The van der Waals surface area contributed by atoms with Crippen LogP contribution in [0.5, 0.6) is 0 Å². The van der Waals surface area contributed by atoms with Gasteiger partial charge < -0.3 is 0 Å². The summed E-state index contributed by atoms with van der Waals surface area (Å²) in [4.78, 5) is 8.06. The summed E-state index contributed by atoms with van der Waals surface area (Å²) in [5, 5.41) is 1.10. The highest BCUT2D eigenvalue weighted by molar-refractivity contribution is 5.77. The maximum absolute atomic E-state index is 4.13. The Balaban J connectivity index is 0.000000442. The zero-order valence-electron chi connectivity index (χ0n) is 10.3. The molecule has 82 valence electrons. The average molecular weight is 204 g/mol. The molecule has 1 aromatic heterocycles. The number of aryl methyl sites for hydroxylation is 1. The molecule has 0 atom stereocenters. The fourth-order valence-electron chi connectivity index (χ4n) is 1.08. The van der Waals surface area contributed by atoms with Gasteiger partial charge in [-0.3, -0.25) is 0 Å². The third-order valence-electron chi connectivity index (χ3n) is 1.66. The van der Waals surface area contributed by atoms with Crippen molar-refractivity contribution in [2.75, 3.05) is 0 Å². The summed E-state index contributed by atoms with van der Waals surface area (Å²) in [7, 11) is 0. The van der Waals surface area contributed by atoms with Crippen molar-refractivity contribution in [1.29, 1.82) is 0 Å². The molecule has 0 aliphatic heterocycles. The number of hydrogen-bond acceptors (Lipinski definition) is 2. The van der Waals surface area contributed by atoms with Gasteiger partial charge in [-0.05, 0) is 18.6 Å². The molecule has 1 heterocycles. The standard InChI is InChI=1S/C9H8N2.2C2H6/c1-7-2-3-8-5-10-6-11-9(8)4-7;2*1-2/h2-6H,1H3;2*1-2H3. The van der Waals surface area contributed by atoms with Crippen molar-refractivity contribution in [3.05, 3.63) is 36.3 Å². The van der Waals surface area contributed by atoms with Gasteiger partial charge in [-0.15, -0.1) is 0 Å². The Morgan fingerprint density at radius 3 is 2.33 bits per heavy atom. The minimum Gasteiger partial charge on any atom is -0.244 e. The second-order valence-electron chi connectivity index (χ2n) is 2.59. The average Bonchev–Trinajstić information content (AvgIpc) is 2.34. The lowest BCUT2D eigenvalue weighted by molar-refractivity contribution is 1.22. The molecule has 0 unspecified atom stereocenters. The van der Waals surface area contributed by atoms with Gasteiger partial charge in [0.1, 0.15) is 6.33 Å². The Labute approximate surface area is 92.4 Å². The number of rotatable bonds is 0. The summed E-state index contributed by atoms with van der Waals surface area (Å²) in [6, 6.07) is 6.15. The number of nitrogens with zero attached hydrogens (tertiary/aromatic N) is 2. The fraction of sp³-hybridized carbons (Fsp3) is 0.385. The van der Waals surface area contributed by atoms with E-state index < -0.39 is 0 Å². The quantitative estimate of drug-likeness (QED) is 0.648. The first kappa shape index (κ1) is 13.6. The van der Waals surface area contributed by atoms with Crippen LogP contribution < -0.4 is 0 Å². The Morgan fingerprint density at radius 2 is 1.67 bits per heavy atom. The molecule has 0 saturated heterocycles. The Bertz CT molecular complexity index is 383. The smallest absolute Gasteiger partial charge is 0.116 e. The molecule has 2 rings (SSSR count). The van der Waals surface area contributed by atoms with Crippen molar-refractivity contribution in [1.82, 2.24) is 9.97 Å². The predicted octanol–water partition coefficient (Wildman–Crippen LogP) is 3.99. The van der Waals surface area contributed by atoms with E-state index in [1.54, 1.807) is 6.33 Å². The summed E-state index contributed by atoms with van der Waals surface area (Å²) < 4.78 is 0. The van der Waals surface area contributed by atoms with Gasteiger partial charge in [-0.2, -0.15) is 0 Å². The number of aromatic nitrogens is 2. The molecule has 1 aromatic carbocycles. The van der Waals surface area contributed by atoms with Crippen LogP contribution in [0.3, 0.4) is 0 Å². The van der Waals surface area contributed by atoms with E-state index in [4.69, 9.17) is 0 Å². The summed E-state index contributed by atoms with van der Waals surface area (Å²) >= 11 is 0. The Kier molecular flexibility index (Phi) is 7.16.